The van der Waals surface area contributed by atoms with Gasteiger partial charge in [-0.3, -0.25) is 0 Å². The molecule has 0 atom stereocenters. The number of hydrogen-bond acceptors (Lipinski definition) is 0. The van der Waals surface area contributed by atoms with Crippen LogP contribution in [0.5, 0.6) is 0 Å². The molecule has 0 unspecified atom stereocenters. The first-order chi connectivity index (χ1) is 8.37. The van der Waals surface area contributed by atoms with Crippen LogP contribution in [0.4, 0.5) is 0 Å². The third-order valence-electron chi connectivity index (χ3n) is 6.58. The smallest absolute Gasteiger partial charge is 0.0272 e. The van der Waals surface area contributed by atoms with Crippen LogP contribution < -0.4 is 0 Å². The van der Waals surface area contributed by atoms with Crippen LogP contribution in [0, 0.1) is 16.2 Å². The monoisotopic (exact) mass is 250 g/mol. The Hall–Kier alpha value is 0. The average molecular weight is 250 g/mol. The standard InChI is InChI=1S/C18H34/c1-16(2)10-8-14-18(4,15-9-11-16)17(3)12-6-5-7-13-17/h5-15H2,1-4H3. The van der Waals surface area contributed by atoms with Gasteiger partial charge in [0.1, 0.15) is 0 Å². The molecule has 2 aliphatic carbocycles. The lowest BCUT2D eigenvalue weighted by atomic mass is 9.54. The maximum atomic E-state index is 2.62. The van der Waals surface area contributed by atoms with E-state index in [4.69, 9.17) is 0 Å². The van der Waals surface area contributed by atoms with Gasteiger partial charge in [-0.05, 0) is 54.8 Å². The fourth-order valence-corrected chi connectivity index (χ4v) is 4.70. The summed E-state index contributed by atoms with van der Waals surface area (Å²) in [7, 11) is 0. The zero-order valence-electron chi connectivity index (χ0n) is 13.3. The Labute approximate surface area is 115 Å². The highest BCUT2D eigenvalue weighted by molar-refractivity contribution is 4.95. The Kier molecular flexibility index (Phi) is 4.14. The van der Waals surface area contributed by atoms with Gasteiger partial charge in [0, 0.05) is 0 Å². The van der Waals surface area contributed by atoms with Gasteiger partial charge in [-0.25, -0.2) is 0 Å². The van der Waals surface area contributed by atoms with Crippen LogP contribution in [0.25, 0.3) is 0 Å². The molecule has 0 saturated heterocycles. The predicted molar refractivity (Wildman–Crippen MR) is 80.8 cm³/mol. The summed E-state index contributed by atoms with van der Waals surface area (Å²) < 4.78 is 0. The molecular weight excluding hydrogens is 216 g/mol. The molecule has 106 valence electrons. The van der Waals surface area contributed by atoms with E-state index in [-0.39, 0.29) is 0 Å². The molecule has 0 spiro atoms. The third-order valence-corrected chi connectivity index (χ3v) is 6.58. The fourth-order valence-electron chi connectivity index (χ4n) is 4.70. The molecule has 0 aromatic carbocycles. The van der Waals surface area contributed by atoms with E-state index in [1.165, 1.54) is 70.6 Å². The van der Waals surface area contributed by atoms with Gasteiger partial charge >= 0.3 is 0 Å². The number of rotatable bonds is 1. The summed E-state index contributed by atoms with van der Waals surface area (Å²) >= 11 is 0. The Balaban J connectivity index is 2.05. The van der Waals surface area contributed by atoms with Crippen molar-refractivity contribution in [2.75, 3.05) is 0 Å². The molecule has 2 rings (SSSR count). The maximum absolute atomic E-state index is 2.62. The minimum atomic E-state index is 0.606. The van der Waals surface area contributed by atoms with Crippen molar-refractivity contribution in [1.29, 1.82) is 0 Å². The average Bonchev–Trinajstić information content (AvgIpc) is 2.27. The van der Waals surface area contributed by atoms with Gasteiger partial charge in [0.2, 0.25) is 0 Å². The van der Waals surface area contributed by atoms with E-state index in [1.54, 1.807) is 0 Å². The van der Waals surface area contributed by atoms with E-state index in [2.05, 4.69) is 27.7 Å². The second-order valence-corrected chi connectivity index (χ2v) is 8.55. The quantitative estimate of drug-likeness (QED) is 0.509. The van der Waals surface area contributed by atoms with Gasteiger partial charge in [-0.1, -0.05) is 59.8 Å². The summed E-state index contributed by atoms with van der Waals surface area (Å²) in [6, 6.07) is 0. The first-order valence-corrected chi connectivity index (χ1v) is 8.37. The van der Waals surface area contributed by atoms with Crippen LogP contribution in [0.1, 0.15) is 98.3 Å². The largest absolute Gasteiger partial charge is 0.0599 e. The molecule has 0 aromatic heterocycles. The van der Waals surface area contributed by atoms with Gasteiger partial charge in [0.25, 0.3) is 0 Å². The maximum Gasteiger partial charge on any atom is -0.0272 e. The Morgan fingerprint density at radius 1 is 0.444 bits per heavy atom. The molecule has 0 heteroatoms. The van der Waals surface area contributed by atoms with Gasteiger partial charge in [-0.15, -0.1) is 0 Å². The second kappa shape index (κ2) is 5.17. The highest BCUT2D eigenvalue weighted by Crippen LogP contribution is 2.56. The van der Waals surface area contributed by atoms with Crippen LogP contribution in [-0.4, -0.2) is 0 Å². The summed E-state index contributed by atoms with van der Waals surface area (Å²) in [5.74, 6) is 0. The van der Waals surface area contributed by atoms with Crippen LogP contribution in [0.15, 0.2) is 0 Å². The fraction of sp³-hybridized carbons (Fsp3) is 1.00. The summed E-state index contributed by atoms with van der Waals surface area (Å²) in [6.45, 7) is 10.2. The molecule has 0 radical (unpaired) electrons. The van der Waals surface area contributed by atoms with E-state index in [9.17, 15) is 0 Å². The lowest BCUT2D eigenvalue weighted by Gasteiger charge is -2.51. The van der Waals surface area contributed by atoms with Gasteiger partial charge in [-0.2, -0.15) is 0 Å². The number of hydrogen-bond donors (Lipinski definition) is 0. The van der Waals surface area contributed by atoms with Crippen molar-refractivity contribution in [3.63, 3.8) is 0 Å². The Morgan fingerprint density at radius 2 is 0.833 bits per heavy atom. The Morgan fingerprint density at radius 3 is 1.28 bits per heavy atom. The summed E-state index contributed by atoms with van der Waals surface area (Å²) in [5.41, 5.74) is 1.88. The Bertz CT molecular complexity index is 256. The minimum Gasteiger partial charge on any atom is -0.0599 e. The normalized spacial score (nSPS) is 31.3. The van der Waals surface area contributed by atoms with Gasteiger partial charge < -0.3 is 0 Å². The summed E-state index contributed by atoms with van der Waals surface area (Å²) in [6.07, 6.45) is 16.2. The van der Waals surface area contributed by atoms with E-state index < -0.39 is 0 Å². The molecule has 2 saturated carbocycles. The summed E-state index contributed by atoms with van der Waals surface area (Å²) in [4.78, 5) is 0. The highest BCUT2D eigenvalue weighted by atomic mass is 14.5. The van der Waals surface area contributed by atoms with Crippen LogP contribution in [-0.2, 0) is 0 Å². The zero-order chi connectivity index (χ0) is 13.3. The molecular formula is C18H34. The van der Waals surface area contributed by atoms with Gasteiger partial charge in [0.15, 0.2) is 0 Å². The molecule has 18 heavy (non-hydrogen) atoms. The van der Waals surface area contributed by atoms with E-state index in [1.807, 2.05) is 0 Å². The first kappa shape index (κ1) is 14.4. The van der Waals surface area contributed by atoms with Crippen molar-refractivity contribution < 1.29 is 0 Å². The van der Waals surface area contributed by atoms with Crippen molar-refractivity contribution in [3.8, 4) is 0 Å². The molecule has 0 bridgehead atoms. The molecule has 0 N–H and O–H groups in total. The molecule has 0 heterocycles. The molecule has 2 fully saturated rings. The first-order valence-electron chi connectivity index (χ1n) is 8.37. The molecule has 0 aromatic rings. The van der Waals surface area contributed by atoms with E-state index in [0.29, 0.717) is 16.2 Å². The molecule has 0 amide bonds. The van der Waals surface area contributed by atoms with Crippen molar-refractivity contribution in [3.05, 3.63) is 0 Å². The van der Waals surface area contributed by atoms with Crippen molar-refractivity contribution in [2.45, 2.75) is 98.3 Å². The minimum absolute atomic E-state index is 0.606. The van der Waals surface area contributed by atoms with Crippen molar-refractivity contribution >= 4 is 0 Å². The molecule has 0 aliphatic heterocycles. The van der Waals surface area contributed by atoms with Gasteiger partial charge in [0.05, 0.1) is 0 Å². The lowest BCUT2D eigenvalue weighted by molar-refractivity contribution is -0.00282. The lowest BCUT2D eigenvalue weighted by Crippen LogP contribution is -2.40. The van der Waals surface area contributed by atoms with Crippen LogP contribution in [0.3, 0.4) is 0 Å². The zero-order valence-corrected chi connectivity index (χ0v) is 13.3. The van der Waals surface area contributed by atoms with E-state index >= 15 is 0 Å². The summed E-state index contributed by atoms with van der Waals surface area (Å²) in [5, 5.41) is 0. The van der Waals surface area contributed by atoms with E-state index in [0.717, 1.165) is 0 Å². The SMILES string of the molecule is CC1(C)CCCC(C)(C2(C)CCCCC2)CCC1. The molecule has 2 aliphatic rings. The second-order valence-electron chi connectivity index (χ2n) is 8.55. The topological polar surface area (TPSA) is 0 Å². The van der Waals surface area contributed by atoms with Crippen LogP contribution >= 0.6 is 0 Å². The third kappa shape index (κ3) is 2.94. The molecule has 0 nitrogen and oxygen atoms in total. The van der Waals surface area contributed by atoms with Crippen LogP contribution in [0.2, 0.25) is 0 Å². The van der Waals surface area contributed by atoms with Crippen molar-refractivity contribution in [1.82, 2.24) is 0 Å². The predicted octanol–water partition coefficient (Wildman–Crippen LogP) is 6.34. The van der Waals surface area contributed by atoms with Crippen molar-refractivity contribution in [2.24, 2.45) is 16.2 Å². The highest BCUT2D eigenvalue weighted by Gasteiger charge is 2.44.